The van der Waals surface area contributed by atoms with Crippen LogP contribution in [0.3, 0.4) is 0 Å². The van der Waals surface area contributed by atoms with Crippen LogP contribution in [-0.4, -0.2) is 85.0 Å². The highest BCUT2D eigenvalue weighted by molar-refractivity contribution is 5.85. The van der Waals surface area contributed by atoms with Crippen molar-refractivity contribution in [3.8, 4) is 0 Å². The molecule has 0 radical (unpaired) electrons. The maximum absolute atomic E-state index is 12.5. The summed E-state index contributed by atoms with van der Waals surface area (Å²) in [6.07, 6.45) is 3.45. The molecular weight excluding hydrogens is 282 g/mol. The molecule has 0 aliphatic carbocycles. The van der Waals surface area contributed by atoms with Crippen LogP contribution in [0.25, 0.3) is 0 Å². The van der Waals surface area contributed by atoms with Crippen molar-refractivity contribution < 1.29 is 14.7 Å². The highest BCUT2D eigenvalue weighted by Gasteiger charge is 2.31. The first-order chi connectivity index (χ1) is 10.5. The molecule has 2 aliphatic rings. The Morgan fingerprint density at radius 2 is 2.00 bits per heavy atom. The van der Waals surface area contributed by atoms with Gasteiger partial charge in [-0.1, -0.05) is 0 Å². The van der Waals surface area contributed by atoms with Crippen LogP contribution in [0.2, 0.25) is 0 Å². The summed E-state index contributed by atoms with van der Waals surface area (Å²) in [5.74, 6) is 0.666. The molecular formula is C16H29N3O3. The lowest BCUT2D eigenvalue weighted by atomic mass is 9.89. The van der Waals surface area contributed by atoms with Crippen LogP contribution in [0.5, 0.6) is 0 Å². The molecule has 2 aliphatic heterocycles. The van der Waals surface area contributed by atoms with Gasteiger partial charge in [0.2, 0.25) is 11.8 Å². The molecule has 2 fully saturated rings. The smallest absolute Gasteiger partial charge is 0.242 e. The van der Waals surface area contributed by atoms with Crippen LogP contribution in [0, 0.1) is 11.8 Å². The van der Waals surface area contributed by atoms with Crippen molar-refractivity contribution in [1.82, 2.24) is 14.7 Å². The lowest BCUT2D eigenvalue weighted by Crippen LogP contribution is -2.51. The molecule has 0 spiro atoms. The topological polar surface area (TPSA) is 64.1 Å². The van der Waals surface area contributed by atoms with E-state index in [2.05, 4.69) is 4.90 Å². The van der Waals surface area contributed by atoms with Crippen molar-refractivity contribution in [3.63, 3.8) is 0 Å². The average molecular weight is 311 g/mol. The van der Waals surface area contributed by atoms with Gasteiger partial charge in [0.1, 0.15) is 0 Å². The van der Waals surface area contributed by atoms with Gasteiger partial charge in [-0.05, 0) is 45.2 Å². The van der Waals surface area contributed by atoms with Crippen molar-refractivity contribution in [2.75, 3.05) is 53.4 Å². The first-order valence-corrected chi connectivity index (χ1v) is 8.30. The standard InChI is InChI=1S/C16H29N3O3/c1-17(2)8-13-7-14(12-20)10-19(9-13)16(22)11-18-6-4-3-5-15(18)21/h13-14,20H,3-12H2,1-2H3/t13-,14+/m1/s1. The van der Waals surface area contributed by atoms with Crippen LogP contribution < -0.4 is 0 Å². The molecule has 1 N–H and O–H groups in total. The van der Waals surface area contributed by atoms with E-state index in [0.29, 0.717) is 25.4 Å². The van der Waals surface area contributed by atoms with Gasteiger partial charge >= 0.3 is 0 Å². The summed E-state index contributed by atoms with van der Waals surface area (Å²) < 4.78 is 0. The highest BCUT2D eigenvalue weighted by Crippen LogP contribution is 2.23. The zero-order chi connectivity index (χ0) is 16.1. The zero-order valence-electron chi connectivity index (χ0n) is 13.8. The molecule has 6 nitrogen and oxygen atoms in total. The number of hydrogen-bond acceptors (Lipinski definition) is 4. The minimum Gasteiger partial charge on any atom is -0.396 e. The third-order valence-electron chi connectivity index (χ3n) is 4.61. The molecule has 2 atom stereocenters. The molecule has 0 aromatic carbocycles. The minimum atomic E-state index is 0.0251. The number of aliphatic hydroxyl groups is 1. The SMILES string of the molecule is CN(C)C[C@H]1C[C@H](CO)CN(C(=O)CN2CCCCC2=O)C1. The monoisotopic (exact) mass is 311 g/mol. The average Bonchev–Trinajstić information content (AvgIpc) is 2.48. The van der Waals surface area contributed by atoms with E-state index in [0.717, 1.165) is 32.4 Å². The van der Waals surface area contributed by atoms with E-state index in [1.807, 2.05) is 19.0 Å². The number of amides is 2. The molecule has 0 aromatic heterocycles. The summed E-state index contributed by atoms with van der Waals surface area (Å²) >= 11 is 0. The summed E-state index contributed by atoms with van der Waals surface area (Å²) in [6.45, 7) is 3.28. The Kier molecular flexibility index (Phi) is 6.20. The van der Waals surface area contributed by atoms with Crippen molar-refractivity contribution in [3.05, 3.63) is 0 Å². The molecule has 0 unspecified atom stereocenters. The number of likely N-dealkylation sites (tertiary alicyclic amines) is 2. The second kappa shape index (κ2) is 7.92. The van der Waals surface area contributed by atoms with E-state index in [1.165, 1.54) is 0 Å². The quantitative estimate of drug-likeness (QED) is 0.777. The predicted molar refractivity (Wildman–Crippen MR) is 84.2 cm³/mol. The van der Waals surface area contributed by atoms with Crippen molar-refractivity contribution >= 4 is 11.8 Å². The van der Waals surface area contributed by atoms with Crippen LogP contribution in [0.4, 0.5) is 0 Å². The maximum atomic E-state index is 12.5. The lowest BCUT2D eigenvalue weighted by Gasteiger charge is -2.39. The number of rotatable bonds is 5. The number of hydrogen-bond donors (Lipinski definition) is 1. The molecule has 2 saturated heterocycles. The fraction of sp³-hybridized carbons (Fsp3) is 0.875. The molecule has 126 valence electrons. The number of carbonyl (C=O) groups is 2. The van der Waals surface area contributed by atoms with Crippen molar-refractivity contribution in [2.45, 2.75) is 25.7 Å². The summed E-state index contributed by atoms with van der Waals surface area (Å²) in [6, 6.07) is 0. The van der Waals surface area contributed by atoms with E-state index in [1.54, 1.807) is 4.90 Å². The number of carbonyl (C=O) groups excluding carboxylic acids is 2. The van der Waals surface area contributed by atoms with Crippen molar-refractivity contribution in [1.29, 1.82) is 0 Å². The largest absolute Gasteiger partial charge is 0.396 e. The Balaban J connectivity index is 1.93. The first kappa shape index (κ1) is 17.2. The Hall–Kier alpha value is -1.14. The number of aliphatic hydroxyl groups excluding tert-OH is 1. The second-order valence-corrected chi connectivity index (χ2v) is 6.98. The third-order valence-corrected chi connectivity index (χ3v) is 4.61. The van der Waals surface area contributed by atoms with Gasteiger partial charge in [-0.15, -0.1) is 0 Å². The molecule has 0 aromatic rings. The van der Waals surface area contributed by atoms with Crippen LogP contribution in [0.1, 0.15) is 25.7 Å². The van der Waals surface area contributed by atoms with Crippen LogP contribution in [0.15, 0.2) is 0 Å². The summed E-state index contributed by atoms with van der Waals surface area (Å²) in [7, 11) is 4.06. The summed E-state index contributed by atoms with van der Waals surface area (Å²) in [5, 5.41) is 9.49. The lowest BCUT2D eigenvalue weighted by molar-refractivity contribution is -0.143. The number of piperidine rings is 2. The van der Waals surface area contributed by atoms with Crippen molar-refractivity contribution in [2.24, 2.45) is 11.8 Å². The van der Waals surface area contributed by atoms with Gasteiger partial charge in [-0.25, -0.2) is 0 Å². The maximum Gasteiger partial charge on any atom is 0.242 e. The normalized spacial score (nSPS) is 26.6. The third kappa shape index (κ3) is 4.68. The summed E-state index contributed by atoms with van der Waals surface area (Å²) in [5.41, 5.74) is 0. The molecule has 2 heterocycles. The Morgan fingerprint density at radius 3 is 2.64 bits per heavy atom. The van der Waals surface area contributed by atoms with E-state index in [-0.39, 0.29) is 30.9 Å². The van der Waals surface area contributed by atoms with Crippen LogP contribution >= 0.6 is 0 Å². The van der Waals surface area contributed by atoms with Gasteiger partial charge in [0.15, 0.2) is 0 Å². The Morgan fingerprint density at radius 1 is 1.27 bits per heavy atom. The van der Waals surface area contributed by atoms with E-state index < -0.39 is 0 Å². The van der Waals surface area contributed by atoms with Gasteiger partial charge in [-0.3, -0.25) is 9.59 Å². The minimum absolute atomic E-state index is 0.0251. The zero-order valence-corrected chi connectivity index (χ0v) is 13.8. The predicted octanol–water partition coefficient (Wildman–Crippen LogP) is 0.0175. The summed E-state index contributed by atoms with van der Waals surface area (Å²) in [4.78, 5) is 30.1. The fourth-order valence-corrected chi connectivity index (χ4v) is 3.60. The van der Waals surface area contributed by atoms with E-state index in [9.17, 15) is 14.7 Å². The molecule has 22 heavy (non-hydrogen) atoms. The van der Waals surface area contributed by atoms with Gasteiger partial charge in [0, 0.05) is 39.2 Å². The molecule has 2 rings (SSSR count). The number of nitrogens with zero attached hydrogens (tertiary/aromatic N) is 3. The molecule has 2 amide bonds. The Bertz CT molecular complexity index is 400. The molecule has 0 saturated carbocycles. The van der Waals surface area contributed by atoms with E-state index in [4.69, 9.17) is 0 Å². The van der Waals surface area contributed by atoms with Crippen LogP contribution in [-0.2, 0) is 9.59 Å². The van der Waals surface area contributed by atoms with Gasteiger partial charge in [0.25, 0.3) is 0 Å². The second-order valence-electron chi connectivity index (χ2n) is 6.98. The highest BCUT2D eigenvalue weighted by atomic mass is 16.3. The molecule has 6 heteroatoms. The van der Waals surface area contributed by atoms with Gasteiger partial charge in [0.05, 0.1) is 6.54 Å². The fourth-order valence-electron chi connectivity index (χ4n) is 3.60. The van der Waals surface area contributed by atoms with E-state index >= 15 is 0 Å². The Labute approximate surface area is 133 Å². The first-order valence-electron chi connectivity index (χ1n) is 8.30. The molecule has 0 bridgehead atoms. The van der Waals surface area contributed by atoms with Gasteiger partial charge < -0.3 is 19.8 Å². The van der Waals surface area contributed by atoms with Gasteiger partial charge in [-0.2, -0.15) is 0 Å².